The highest BCUT2D eigenvalue weighted by Crippen LogP contribution is 2.17. The van der Waals surface area contributed by atoms with Gasteiger partial charge in [-0.3, -0.25) is 0 Å². The maximum atomic E-state index is 2.21. The zero-order valence-corrected chi connectivity index (χ0v) is 10.7. The molecule has 0 aromatic heterocycles. The van der Waals surface area contributed by atoms with E-state index in [1.165, 1.54) is 27.8 Å². The quantitative estimate of drug-likeness (QED) is 0.641. The summed E-state index contributed by atoms with van der Waals surface area (Å²) in [5, 5.41) is 0. The van der Waals surface area contributed by atoms with E-state index < -0.39 is 0 Å². The van der Waals surface area contributed by atoms with Crippen LogP contribution in [0.3, 0.4) is 0 Å². The maximum absolute atomic E-state index is 2.21. The van der Waals surface area contributed by atoms with E-state index in [9.17, 15) is 0 Å². The molecule has 2 aromatic carbocycles. The van der Waals surface area contributed by atoms with Crippen LogP contribution in [0.4, 0.5) is 0 Å². The Morgan fingerprint density at radius 2 is 1.41 bits per heavy atom. The monoisotopic (exact) mass is 222 g/mol. The molecule has 0 saturated carbocycles. The lowest BCUT2D eigenvalue weighted by molar-refractivity contribution is 1.36. The van der Waals surface area contributed by atoms with Gasteiger partial charge in [0.1, 0.15) is 0 Å². The van der Waals surface area contributed by atoms with E-state index in [-0.39, 0.29) is 0 Å². The van der Waals surface area contributed by atoms with Crippen molar-refractivity contribution in [3.8, 4) is 0 Å². The predicted molar refractivity (Wildman–Crippen MR) is 76.0 cm³/mol. The number of hydrogen-bond acceptors (Lipinski definition) is 0. The molecule has 0 aliphatic carbocycles. The van der Waals surface area contributed by atoms with Gasteiger partial charge in [0, 0.05) is 0 Å². The average molecular weight is 222 g/mol. The summed E-state index contributed by atoms with van der Waals surface area (Å²) in [6.45, 7) is 6.43. The Hall–Kier alpha value is -1.82. The van der Waals surface area contributed by atoms with Crippen LogP contribution in [-0.4, -0.2) is 0 Å². The molecule has 0 radical (unpaired) electrons. The summed E-state index contributed by atoms with van der Waals surface area (Å²) in [5.74, 6) is 0. The van der Waals surface area contributed by atoms with E-state index in [2.05, 4.69) is 75.4 Å². The fourth-order valence-electron chi connectivity index (χ4n) is 2.04. The van der Waals surface area contributed by atoms with Gasteiger partial charge >= 0.3 is 0 Å². The lowest BCUT2D eigenvalue weighted by Crippen LogP contribution is -1.85. The first-order chi connectivity index (χ1) is 8.16. The van der Waals surface area contributed by atoms with Crippen molar-refractivity contribution in [3.63, 3.8) is 0 Å². The molecule has 0 N–H and O–H groups in total. The van der Waals surface area contributed by atoms with E-state index in [0.717, 1.165) is 0 Å². The number of hydrogen-bond donors (Lipinski definition) is 0. The third-order valence-electron chi connectivity index (χ3n) is 3.03. The van der Waals surface area contributed by atoms with Crippen molar-refractivity contribution in [2.75, 3.05) is 0 Å². The molecule has 0 unspecified atom stereocenters. The van der Waals surface area contributed by atoms with Gasteiger partial charge < -0.3 is 0 Å². The summed E-state index contributed by atoms with van der Waals surface area (Å²) in [6, 6.07) is 15.0. The molecule has 0 atom stereocenters. The summed E-state index contributed by atoms with van der Waals surface area (Å²) in [6.07, 6.45) is 4.39. The van der Waals surface area contributed by atoms with Crippen LogP contribution < -0.4 is 0 Å². The van der Waals surface area contributed by atoms with Crippen molar-refractivity contribution in [1.82, 2.24) is 0 Å². The van der Waals surface area contributed by atoms with Crippen molar-refractivity contribution in [3.05, 3.63) is 70.3 Å². The first kappa shape index (κ1) is 11.7. The Balaban J connectivity index is 2.32. The molecule has 0 aliphatic rings. The molecule has 0 aliphatic heterocycles. The van der Waals surface area contributed by atoms with Crippen LogP contribution in [-0.2, 0) is 0 Å². The second kappa shape index (κ2) is 5.01. The third kappa shape index (κ3) is 2.85. The minimum absolute atomic E-state index is 1.26. The van der Waals surface area contributed by atoms with Crippen molar-refractivity contribution >= 4 is 12.2 Å². The fourth-order valence-corrected chi connectivity index (χ4v) is 2.04. The summed E-state index contributed by atoms with van der Waals surface area (Å²) >= 11 is 0. The summed E-state index contributed by atoms with van der Waals surface area (Å²) in [7, 11) is 0. The molecule has 2 aromatic rings. The van der Waals surface area contributed by atoms with Crippen LogP contribution >= 0.6 is 0 Å². The summed E-state index contributed by atoms with van der Waals surface area (Å²) in [5.41, 5.74) is 6.54. The van der Waals surface area contributed by atoms with Gasteiger partial charge in [0.05, 0.1) is 0 Å². The molecule has 2 rings (SSSR count). The van der Waals surface area contributed by atoms with Crippen molar-refractivity contribution < 1.29 is 0 Å². The molecule has 86 valence electrons. The highest BCUT2D eigenvalue weighted by Gasteiger charge is 1.97. The molecule has 0 nitrogen and oxygen atoms in total. The summed E-state index contributed by atoms with van der Waals surface area (Å²) in [4.78, 5) is 0. The molecule has 0 heterocycles. The lowest BCUT2D eigenvalue weighted by atomic mass is 10.0. The molecule has 0 fully saturated rings. The van der Waals surface area contributed by atoms with Gasteiger partial charge in [-0.05, 0) is 43.0 Å². The van der Waals surface area contributed by atoms with Gasteiger partial charge in [-0.2, -0.15) is 0 Å². The van der Waals surface area contributed by atoms with Crippen LogP contribution in [0.2, 0.25) is 0 Å². The molecule has 0 saturated heterocycles. The highest BCUT2D eigenvalue weighted by atomic mass is 14.0. The van der Waals surface area contributed by atoms with E-state index in [0.29, 0.717) is 0 Å². The van der Waals surface area contributed by atoms with Crippen molar-refractivity contribution in [1.29, 1.82) is 0 Å². The highest BCUT2D eigenvalue weighted by molar-refractivity contribution is 5.72. The molecule has 0 amide bonds. The van der Waals surface area contributed by atoms with Gasteiger partial charge in [0.15, 0.2) is 0 Å². The molecule has 17 heavy (non-hydrogen) atoms. The molecule has 0 bridgehead atoms. The Morgan fingerprint density at radius 3 is 2.06 bits per heavy atom. The number of rotatable bonds is 2. The minimum Gasteiger partial charge on any atom is -0.0617 e. The number of aryl methyl sites for hydroxylation is 3. The van der Waals surface area contributed by atoms with Gasteiger partial charge in [-0.1, -0.05) is 60.2 Å². The van der Waals surface area contributed by atoms with Gasteiger partial charge in [-0.15, -0.1) is 0 Å². The Kier molecular flexibility index (Phi) is 3.43. The van der Waals surface area contributed by atoms with E-state index in [4.69, 9.17) is 0 Å². The second-order valence-corrected chi connectivity index (χ2v) is 4.55. The first-order valence-electron chi connectivity index (χ1n) is 5.98. The standard InChI is InChI=1S/C17H18/c1-13-6-4-9-16(12-13)10-11-17-14(2)7-5-8-15(17)3/h4-12H,1-3H3/b11-10+. The predicted octanol–water partition coefficient (Wildman–Crippen LogP) is 4.78. The zero-order valence-electron chi connectivity index (χ0n) is 10.7. The SMILES string of the molecule is Cc1cccc(/C=C/c2c(C)cccc2C)c1. The molecular weight excluding hydrogens is 204 g/mol. The van der Waals surface area contributed by atoms with Gasteiger partial charge in [-0.25, -0.2) is 0 Å². The third-order valence-corrected chi connectivity index (χ3v) is 3.03. The fraction of sp³-hybridized carbons (Fsp3) is 0.176. The van der Waals surface area contributed by atoms with Gasteiger partial charge in [0.25, 0.3) is 0 Å². The minimum atomic E-state index is 1.26. The van der Waals surface area contributed by atoms with E-state index >= 15 is 0 Å². The van der Waals surface area contributed by atoms with Crippen LogP contribution in [0.15, 0.2) is 42.5 Å². The van der Waals surface area contributed by atoms with E-state index in [1.54, 1.807) is 0 Å². The van der Waals surface area contributed by atoms with Crippen molar-refractivity contribution in [2.45, 2.75) is 20.8 Å². The molecular formula is C17H18. The molecule has 0 spiro atoms. The molecule has 0 heteroatoms. The zero-order chi connectivity index (χ0) is 12.3. The van der Waals surface area contributed by atoms with Gasteiger partial charge in [0.2, 0.25) is 0 Å². The van der Waals surface area contributed by atoms with Crippen LogP contribution in [0.1, 0.15) is 27.8 Å². The smallest absolute Gasteiger partial charge is 0.0198 e. The van der Waals surface area contributed by atoms with Crippen LogP contribution in [0.5, 0.6) is 0 Å². The Labute approximate surface area is 104 Å². The van der Waals surface area contributed by atoms with Crippen LogP contribution in [0.25, 0.3) is 12.2 Å². The van der Waals surface area contributed by atoms with E-state index in [1.807, 2.05) is 0 Å². The lowest BCUT2D eigenvalue weighted by Gasteiger charge is -2.04. The Bertz CT molecular complexity index is 527. The Morgan fingerprint density at radius 1 is 0.765 bits per heavy atom. The largest absolute Gasteiger partial charge is 0.0617 e. The van der Waals surface area contributed by atoms with Crippen LogP contribution in [0, 0.1) is 20.8 Å². The number of benzene rings is 2. The second-order valence-electron chi connectivity index (χ2n) is 4.55. The topological polar surface area (TPSA) is 0 Å². The maximum Gasteiger partial charge on any atom is -0.0198 e. The summed E-state index contributed by atoms with van der Waals surface area (Å²) < 4.78 is 0. The van der Waals surface area contributed by atoms with Crippen molar-refractivity contribution in [2.24, 2.45) is 0 Å². The first-order valence-corrected chi connectivity index (χ1v) is 5.98. The average Bonchev–Trinajstić information content (AvgIpc) is 2.28. The normalized spacial score (nSPS) is 11.0.